The number of hydrogen-bond donors (Lipinski definition) is 1. The summed E-state index contributed by atoms with van der Waals surface area (Å²) in [5.41, 5.74) is 1.59. The Balaban J connectivity index is 1.80. The number of benzene rings is 2. The molecule has 0 aliphatic carbocycles. The minimum Gasteiger partial charge on any atom is -0.491 e. The van der Waals surface area contributed by atoms with Crippen LogP contribution in [0.2, 0.25) is 5.02 Å². The van der Waals surface area contributed by atoms with Gasteiger partial charge in [0.15, 0.2) is 0 Å². The number of ether oxygens (including phenoxy) is 1. The lowest BCUT2D eigenvalue weighted by atomic mass is 10.2. The molecular weight excluding hydrogens is 354 g/mol. The van der Waals surface area contributed by atoms with Gasteiger partial charge in [0.2, 0.25) is 0 Å². The molecule has 3 nitrogen and oxygen atoms in total. The van der Waals surface area contributed by atoms with Crippen molar-refractivity contribution >= 4 is 33.4 Å². The highest BCUT2D eigenvalue weighted by Crippen LogP contribution is 2.21. The zero-order valence-electron chi connectivity index (χ0n) is 11.5. The summed E-state index contributed by atoms with van der Waals surface area (Å²) in [7, 11) is 0. The fourth-order valence-electron chi connectivity index (χ4n) is 1.83. The Hall–Kier alpha value is -1.52. The summed E-state index contributed by atoms with van der Waals surface area (Å²) in [5.74, 6) is 0.656. The van der Waals surface area contributed by atoms with E-state index in [1.54, 1.807) is 18.2 Å². The van der Waals surface area contributed by atoms with Crippen LogP contribution in [-0.4, -0.2) is 19.1 Å². The SMILES string of the molecule is Cc1cc(Cl)ccc1OCCNC(=O)c1cccc(Br)c1. The van der Waals surface area contributed by atoms with E-state index in [1.807, 2.05) is 31.2 Å². The molecule has 0 saturated heterocycles. The summed E-state index contributed by atoms with van der Waals surface area (Å²) in [6.45, 7) is 2.77. The normalized spacial score (nSPS) is 10.2. The van der Waals surface area contributed by atoms with Gasteiger partial charge in [0.1, 0.15) is 12.4 Å². The van der Waals surface area contributed by atoms with Crippen LogP contribution in [0, 0.1) is 6.92 Å². The molecule has 110 valence electrons. The number of rotatable bonds is 5. The van der Waals surface area contributed by atoms with Crippen molar-refractivity contribution in [3.63, 3.8) is 0 Å². The van der Waals surface area contributed by atoms with E-state index in [0.717, 1.165) is 15.8 Å². The lowest BCUT2D eigenvalue weighted by molar-refractivity contribution is 0.0947. The van der Waals surface area contributed by atoms with Crippen molar-refractivity contribution in [2.75, 3.05) is 13.2 Å². The van der Waals surface area contributed by atoms with Crippen LogP contribution >= 0.6 is 27.5 Å². The summed E-state index contributed by atoms with van der Waals surface area (Å²) in [6.07, 6.45) is 0. The molecule has 0 atom stereocenters. The second kappa shape index (κ2) is 7.48. The van der Waals surface area contributed by atoms with E-state index in [2.05, 4.69) is 21.2 Å². The first-order valence-electron chi connectivity index (χ1n) is 6.49. The first-order valence-corrected chi connectivity index (χ1v) is 7.66. The molecule has 2 rings (SSSR count). The predicted octanol–water partition coefficient (Wildman–Crippen LogP) is 4.22. The van der Waals surface area contributed by atoms with E-state index >= 15 is 0 Å². The molecule has 0 bridgehead atoms. The van der Waals surface area contributed by atoms with E-state index in [-0.39, 0.29) is 5.91 Å². The number of amides is 1. The molecule has 0 spiro atoms. The third-order valence-corrected chi connectivity index (χ3v) is 3.60. The molecular formula is C16H15BrClNO2. The zero-order valence-corrected chi connectivity index (χ0v) is 13.9. The van der Waals surface area contributed by atoms with Crippen molar-refractivity contribution in [2.45, 2.75) is 6.92 Å². The Morgan fingerprint density at radius 2 is 2.10 bits per heavy atom. The molecule has 0 fully saturated rings. The van der Waals surface area contributed by atoms with Gasteiger partial charge in [-0.25, -0.2) is 0 Å². The highest BCUT2D eigenvalue weighted by molar-refractivity contribution is 9.10. The van der Waals surface area contributed by atoms with Gasteiger partial charge < -0.3 is 10.1 Å². The minimum atomic E-state index is -0.118. The number of aryl methyl sites for hydroxylation is 1. The molecule has 0 unspecified atom stereocenters. The van der Waals surface area contributed by atoms with E-state index in [1.165, 1.54) is 0 Å². The first kappa shape index (κ1) is 15.9. The van der Waals surface area contributed by atoms with Crippen molar-refractivity contribution in [1.82, 2.24) is 5.32 Å². The third-order valence-electron chi connectivity index (χ3n) is 2.87. The largest absolute Gasteiger partial charge is 0.491 e. The Morgan fingerprint density at radius 3 is 2.81 bits per heavy atom. The number of halogens is 2. The van der Waals surface area contributed by atoms with Crippen LogP contribution in [0.5, 0.6) is 5.75 Å². The van der Waals surface area contributed by atoms with Crippen molar-refractivity contribution in [3.8, 4) is 5.75 Å². The van der Waals surface area contributed by atoms with E-state index < -0.39 is 0 Å². The fraction of sp³-hybridized carbons (Fsp3) is 0.188. The maximum atomic E-state index is 11.9. The quantitative estimate of drug-likeness (QED) is 0.803. The molecule has 0 saturated carbocycles. The van der Waals surface area contributed by atoms with Crippen LogP contribution in [0.25, 0.3) is 0 Å². The summed E-state index contributed by atoms with van der Waals surface area (Å²) in [4.78, 5) is 11.9. The summed E-state index contributed by atoms with van der Waals surface area (Å²) < 4.78 is 6.50. The van der Waals surface area contributed by atoms with Gasteiger partial charge in [-0.3, -0.25) is 4.79 Å². The highest BCUT2D eigenvalue weighted by atomic mass is 79.9. The van der Waals surface area contributed by atoms with Gasteiger partial charge >= 0.3 is 0 Å². The lowest BCUT2D eigenvalue weighted by Gasteiger charge is -2.10. The molecule has 2 aromatic rings. The van der Waals surface area contributed by atoms with Gasteiger partial charge in [0.05, 0.1) is 6.54 Å². The predicted molar refractivity (Wildman–Crippen MR) is 88.2 cm³/mol. The fourth-order valence-corrected chi connectivity index (χ4v) is 2.46. The van der Waals surface area contributed by atoms with Crippen LogP contribution in [0.15, 0.2) is 46.9 Å². The molecule has 0 aliphatic rings. The minimum absolute atomic E-state index is 0.118. The van der Waals surface area contributed by atoms with E-state index in [4.69, 9.17) is 16.3 Å². The average molecular weight is 369 g/mol. The Kier molecular flexibility index (Phi) is 5.65. The molecule has 5 heteroatoms. The van der Waals surface area contributed by atoms with Gasteiger partial charge in [0, 0.05) is 15.1 Å². The third kappa shape index (κ3) is 4.76. The van der Waals surface area contributed by atoms with Crippen LogP contribution in [0.4, 0.5) is 0 Å². The molecule has 1 N–H and O–H groups in total. The Morgan fingerprint density at radius 1 is 1.29 bits per heavy atom. The highest BCUT2D eigenvalue weighted by Gasteiger charge is 2.05. The molecule has 1 amide bonds. The van der Waals surface area contributed by atoms with Crippen LogP contribution in [0.1, 0.15) is 15.9 Å². The van der Waals surface area contributed by atoms with Gasteiger partial charge in [-0.2, -0.15) is 0 Å². The van der Waals surface area contributed by atoms with Gasteiger partial charge in [0.25, 0.3) is 5.91 Å². The van der Waals surface area contributed by atoms with Crippen molar-refractivity contribution in [3.05, 3.63) is 63.1 Å². The van der Waals surface area contributed by atoms with Crippen molar-refractivity contribution < 1.29 is 9.53 Å². The monoisotopic (exact) mass is 367 g/mol. The smallest absolute Gasteiger partial charge is 0.251 e. The van der Waals surface area contributed by atoms with Crippen LogP contribution < -0.4 is 10.1 Å². The Bertz CT molecular complexity index is 646. The number of carbonyl (C=O) groups is 1. The average Bonchev–Trinajstić information content (AvgIpc) is 2.45. The molecule has 0 aromatic heterocycles. The number of nitrogens with one attached hydrogen (secondary N) is 1. The van der Waals surface area contributed by atoms with Crippen molar-refractivity contribution in [2.24, 2.45) is 0 Å². The molecule has 0 heterocycles. The summed E-state index contributed by atoms with van der Waals surface area (Å²) in [5, 5.41) is 3.50. The van der Waals surface area contributed by atoms with Crippen molar-refractivity contribution in [1.29, 1.82) is 0 Å². The first-order chi connectivity index (χ1) is 10.1. The van der Waals surface area contributed by atoms with Gasteiger partial charge in [-0.05, 0) is 48.9 Å². The van der Waals surface area contributed by atoms with E-state index in [0.29, 0.717) is 23.7 Å². The number of hydrogen-bond acceptors (Lipinski definition) is 2. The molecule has 21 heavy (non-hydrogen) atoms. The second-order valence-electron chi connectivity index (χ2n) is 4.52. The van der Waals surface area contributed by atoms with Gasteiger partial charge in [-0.1, -0.05) is 33.6 Å². The van der Waals surface area contributed by atoms with Crippen LogP contribution in [0.3, 0.4) is 0 Å². The summed E-state index contributed by atoms with van der Waals surface area (Å²) in [6, 6.07) is 12.7. The standard InChI is InChI=1S/C16H15BrClNO2/c1-11-9-14(18)5-6-15(11)21-8-7-19-16(20)12-3-2-4-13(17)10-12/h2-6,9-10H,7-8H2,1H3,(H,19,20). The second-order valence-corrected chi connectivity index (χ2v) is 5.88. The Labute approximate surface area is 137 Å². The molecule has 0 aliphatic heterocycles. The number of carbonyl (C=O) groups excluding carboxylic acids is 1. The molecule has 2 aromatic carbocycles. The maximum Gasteiger partial charge on any atom is 0.251 e. The lowest BCUT2D eigenvalue weighted by Crippen LogP contribution is -2.28. The van der Waals surface area contributed by atoms with Gasteiger partial charge in [-0.15, -0.1) is 0 Å². The zero-order chi connectivity index (χ0) is 15.2. The summed E-state index contributed by atoms with van der Waals surface area (Å²) >= 11 is 9.23. The molecule has 0 radical (unpaired) electrons. The maximum absolute atomic E-state index is 11.9. The van der Waals surface area contributed by atoms with E-state index in [9.17, 15) is 4.79 Å². The topological polar surface area (TPSA) is 38.3 Å². The van der Waals surface area contributed by atoms with Crippen LogP contribution in [-0.2, 0) is 0 Å².